The van der Waals surface area contributed by atoms with Gasteiger partial charge in [-0.2, -0.15) is 5.26 Å². The fraction of sp³-hybridized carbons (Fsp3) is 0.444. The lowest BCUT2D eigenvalue weighted by atomic mass is 9.67. The Morgan fingerprint density at radius 1 is 1.69 bits per heavy atom. The Morgan fingerprint density at radius 3 is 2.77 bits per heavy atom. The first kappa shape index (κ1) is 7.99. The van der Waals surface area contributed by atoms with Crippen LogP contribution in [0, 0.1) is 18.3 Å². The first-order valence-corrected chi connectivity index (χ1v) is 4.03. The molecule has 0 atom stereocenters. The number of aromatic nitrogens is 1. The Morgan fingerprint density at radius 2 is 2.38 bits per heavy atom. The second kappa shape index (κ2) is 2.43. The number of aryl methyl sites for hydroxylation is 1. The van der Waals surface area contributed by atoms with E-state index in [1.165, 1.54) is 0 Å². The summed E-state index contributed by atoms with van der Waals surface area (Å²) in [7, 11) is 0. The minimum Gasteiger partial charge on any atom is -0.359 e. The Bertz CT molecular complexity index is 392. The third-order valence-corrected chi connectivity index (χ3v) is 2.31. The quantitative estimate of drug-likeness (QED) is 0.642. The molecule has 0 bridgehead atoms. The first-order valence-electron chi connectivity index (χ1n) is 4.03. The van der Waals surface area contributed by atoms with Crippen LogP contribution in [0.4, 0.5) is 0 Å². The molecule has 0 N–H and O–H groups in total. The summed E-state index contributed by atoms with van der Waals surface area (Å²) in [6, 6.07) is 3.84. The summed E-state index contributed by atoms with van der Waals surface area (Å²) in [4.78, 5) is 10.8. The van der Waals surface area contributed by atoms with Crippen molar-refractivity contribution in [1.29, 1.82) is 5.26 Å². The van der Waals surface area contributed by atoms with E-state index in [2.05, 4.69) is 11.2 Å². The van der Waals surface area contributed by atoms with Crippen LogP contribution in [0.3, 0.4) is 0 Å². The highest BCUT2D eigenvalue weighted by molar-refractivity contribution is 5.89. The van der Waals surface area contributed by atoms with E-state index in [-0.39, 0.29) is 18.6 Å². The average molecular weight is 176 g/mol. The van der Waals surface area contributed by atoms with Crippen LogP contribution in [0.15, 0.2) is 10.6 Å². The SMILES string of the molecule is Cc1cc(C2(C#N)CC(=O)C2)on1. The minimum absolute atomic E-state index is 0.107. The van der Waals surface area contributed by atoms with E-state index in [1.807, 2.05) is 0 Å². The van der Waals surface area contributed by atoms with E-state index in [0.29, 0.717) is 5.76 Å². The van der Waals surface area contributed by atoms with Crippen LogP contribution >= 0.6 is 0 Å². The number of nitriles is 1. The summed E-state index contributed by atoms with van der Waals surface area (Å²) < 4.78 is 4.99. The molecule has 1 aromatic heterocycles. The number of carbonyl (C=O) groups is 1. The molecule has 0 saturated heterocycles. The smallest absolute Gasteiger partial charge is 0.158 e. The van der Waals surface area contributed by atoms with Gasteiger partial charge < -0.3 is 4.52 Å². The number of hydrogen-bond acceptors (Lipinski definition) is 4. The predicted molar refractivity (Wildman–Crippen MR) is 42.8 cm³/mol. The predicted octanol–water partition coefficient (Wildman–Crippen LogP) is 1.11. The van der Waals surface area contributed by atoms with Gasteiger partial charge in [-0.3, -0.25) is 4.79 Å². The summed E-state index contributed by atoms with van der Waals surface area (Å²) >= 11 is 0. The van der Waals surface area contributed by atoms with Gasteiger partial charge in [0, 0.05) is 18.9 Å². The van der Waals surface area contributed by atoms with Gasteiger partial charge in [-0.05, 0) is 6.92 Å². The highest BCUT2D eigenvalue weighted by Gasteiger charge is 2.48. The van der Waals surface area contributed by atoms with Crippen molar-refractivity contribution in [1.82, 2.24) is 5.16 Å². The molecule has 2 rings (SSSR count). The Kier molecular flexibility index (Phi) is 1.49. The Labute approximate surface area is 75.1 Å². The van der Waals surface area contributed by atoms with E-state index >= 15 is 0 Å². The molecular weight excluding hydrogens is 168 g/mol. The maximum absolute atomic E-state index is 10.8. The normalized spacial score (nSPS) is 19.2. The number of nitrogens with zero attached hydrogens (tertiary/aromatic N) is 2. The lowest BCUT2D eigenvalue weighted by molar-refractivity contribution is -0.127. The lowest BCUT2D eigenvalue weighted by Crippen LogP contribution is -2.39. The molecular formula is C9H8N2O2. The van der Waals surface area contributed by atoms with Gasteiger partial charge in [-0.15, -0.1) is 0 Å². The summed E-state index contributed by atoms with van der Waals surface area (Å²) in [6.45, 7) is 1.79. The molecule has 1 heterocycles. The number of Topliss-reactive ketones (excluding diaryl/α,β-unsaturated/α-hetero) is 1. The van der Waals surface area contributed by atoms with Gasteiger partial charge in [0.15, 0.2) is 5.76 Å². The van der Waals surface area contributed by atoms with Gasteiger partial charge >= 0.3 is 0 Å². The van der Waals surface area contributed by atoms with E-state index in [9.17, 15) is 4.79 Å². The van der Waals surface area contributed by atoms with Crippen LogP contribution in [0.1, 0.15) is 24.3 Å². The van der Waals surface area contributed by atoms with Gasteiger partial charge in [0.25, 0.3) is 0 Å². The van der Waals surface area contributed by atoms with E-state index in [4.69, 9.17) is 9.78 Å². The summed E-state index contributed by atoms with van der Waals surface area (Å²) in [5.74, 6) is 0.628. The summed E-state index contributed by atoms with van der Waals surface area (Å²) in [5, 5.41) is 12.6. The lowest BCUT2D eigenvalue weighted by Gasteiger charge is -2.30. The van der Waals surface area contributed by atoms with Crippen LogP contribution in [0.25, 0.3) is 0 Å². The van der Waals surface area contributed by atoms with Crippen LogP contribution < -0.4 is 0 Å². The van der Waals surface area contributed by atoms with Crippen molar-refractivity contribution in [3.63, 3.8) is 0 Å². The Hall–Kier alpha value is -1.63. The third-order valence-electron chi connectivity index (χ3n) is 2.31. The molecule has 0 radical (unpaired) electrons. The molecule has 4 heteroatoms. The zero-order chi connectivity index (χ0) is 9.47. The molecule has 4 nitrogen and oxygen atoms in total. The maximum atomic E-state index is 10.8. The third kappa shape index (κ3) is 1.04. The molecule has 0 amide bonds. The number of rotatable bonds is 1. The largest absolute Gasteiger partial charge is 0.359 e. The van der Waals surface area contributed by atoms with Crippen molar-refractivity contribution in [2.24, 2.45) is 0 Å². The molecule has 1 aliphatic rings. The number of carbonyl (C=O) groups excluding carboxylic acids is 1. The first-order chi connectivity index (χ1) is 6.16. The molecule has 13 heavy (non-hydrogen) atoms. The van der Waals surface area contributed by atoms with Crippen molar-refractivity contribution in [2.45, 2.75) is 25.2 Å². The molecule has 0 spiro atoms. The topological polar surface area (TPSA) is 66.9 Å². The molecule has 1 saturated carbocycles. The highest BCUT2D eigenvalue weighted by atomic mass is 16.5. The number of hydrogen-bond donors (Lipinski definition) is 0. The van der Waals surface area contributed by atoms with Crippen molar-refractivity contribution >= 4 is 5.78 Å². The molecule has 0 aliphatic heterocycles. The van der Waals surface area contributed by atoms with E-state index < -0.39 is 5.41 Å². The summed E-state index contributed by atoms with van der Waals surface area (Å²) in [5.41, 5.74) is 0.0159. The van der Waals surface area contributed by atoms with Crippen LogP contribution in [-0.2, 0) is 10.2 Å². The van der Waals surface area contributed by atoms with Gasteiger partial charge in [0.05, 0.1) is 11.8 Å². The van der Waals surface area contributed by atoms with Crippen molar-refractivity contribution < 1.29 is 9.32 Å². The molecule has 1 aromatic rings. The minimum atomic E-state index is -0.724. The van der Waals surface area contributed by atoms with Crippen LogP contribution in [-0.4, -0.2) is 10.9 Å². The molecule has 1 fully saturated rings. The zero-order valence-electron chi connectivity index (χ0n) is 7.20. The zero-order valence-corrected chi connectivity index (χ0v) is 7.20. The van der Waals surface area contributed by atoms with E-state index in [0.717, 1.165) is 5.69 Å². The van der Waals surface area contributed by atoms with Crippen molar-refractivity contribution in [2.75, 3.05) is 0 Å². The van der Waals surface area contributed by atoms with Gasteiger partial charge in [-0.1, -0.05) is 5.16 Å². The second-order valence-electron chi connectivity index (χ2n) is 3.42. The molecule has 0 unspecified atom stereocenters. The summed E-state index contributed by atoms with van der Waals surface area (Å²) in [6.07, 6.45) is 0.524. The molecule has 66 valence electrons. The van der Waals surface area contributed by atoms with Gasteiger partial charge in [-0.25, -0.2) is 0 Å². The van der Waals surface area contributed by atoms with E-state index in [1.54, 1.807) is 13.0 Å². The van der Waals surface area contributed by atoms with Gasteiger partial charge in [0.1, 0.15) is 11.2 Å². The second-order valence-corrected chi connectivity index (χ2v) is 3.42. The highest BCUT2D eigenvalue weighted by Crippen LogP contribution is 2.40. The van der Waals surface area contributed by atoms with Crippen LogP contribution in [0.5, 0.6) is 0 Å². The van der Waals surface area contributed by atoms with Crippen LogP contribution in [0.2, 0.25) is 0 Å². The average Bonchev–Trinajstić information content (AvgIpc) is 2.46. The molecule has 0 aromatic carbocycles. The Balaban J connectivity index is 2.35. The maximum Gasteiger partial charge on any atom is 0.158 e. The fourth-order valence-corrected chi connectivity index (χ4v) is 1.52. The van der Waals surface area contributed by atoms with Crippen molar-refractivity contribution in [3.05, 3.63) is 17.5 Å². The fourth-order valence-electron chi connectivity index (χ4n) is 1.52. The monoisotopic (exact) mass is 176 g/mol. The number of ketones is 1. The standard InChI is InChI=1S/C9H8N2O2/c1-6-2-8(13-11-6)9(5-10)3-7(12)4-9/h2H,3-4H2,1H3. The van der Waals surface area contributed by atoms with Gasteiger partial charge in [0.2, 0.25) is 0 Å². The molecule has 1 aliphatic carbocycles. The van der Waals surface area contributed by atoms with Crippen molar-refractivity contribution in [3.8, 4) is 6.07 Å².